The molecule has 16 heavy (non-hydrogen) atoms. The van der Waals surface area contributed by atoms with E-state index in [1.807, 2.05) is 0 Å². The Bertz CT molecular complexity index is 389. The van der Waals surface area contributed by atoms with Crippen LogP contribution < -0.4 is 0 Å². The number of carbonyl (C=O) groups is 2. The van der Waals surface area contributed by atoms with Gasteiger partial charge in [0.05, 0.1) is 12.9 Å². The van der Waals surface area contributed by atoms with Crippen molar-refractivity contribution in [1.82, 2.24) is 0 Å². The van der Waals surface area contributed by atoms with Gasteiger partial charge in [-0.15, -0.1) is 0 Å². The molecule has 0 fully saturated rings. The van der Waals surface area contributed by atoms with Gasteiger partial charge in [0, 0.05) is 10.6 Å². The standard InChI is InChI=1S/C11H12BClO3/c1-12-9(11(15)16-2)10(14)7-3-5-8(13)6-4-7/h3-6,9,12H,1-2H3. The molecule has 0 heterocycles. The molecule has 5 heteroatoms. The zero-order valence-corrected chi connectivity index (χ0v) is 9.95. The molecule has 0 N–H and O–H groups in total. The van der Waals surface area contributed by atoms with Crippen LogP contribution in [0.5, 0.6) is 0 Å². The lowest BCUT2D eigenvalue weighted by Gasteiger charge is -2.10. The number of Topliss-reactive ketones (excluding diaryl/α,β-unsaturated/α-hetero) is 1. The maximum Gasteiger partial charge on any atom is 0.308 e. The molecule has 84 valence electrons. The summed E-state index contributed by atoms with van der Waals surface area (Å²) in [6, 6.07) is 6.46. The molecule has 0 radical (unpaired) electrons. The minimum atomic E-state index is -0.730. The summed E-state index contributed by atoms with van der Waals surface area (Å²) in [6.07, 6.45) is 0. The summed E-state index contributed by atoms with van der Waals surface area (Å²) in [5, 5.41) is 0.558. The number of ether oxygens (including phenoxy) is 1. The Labute approximate surface area is 100.0 Å². The SMILES string of the molecule is CBC(C(=O)OC)C(=O)c1ccc(Cl)cc1. The third-order valence-corrected chi connectivity index (χ3v) is 2.59. The molecular formula is C11H12BClO3. The van der Waals surface area contributed by atoms with E-state index in [4.69, 9.17) is 11.6 Å². The zero-order valence-electron chi connectivity index (χ0n) is 9.20. The third kappa shape index (κ3) is 2.86. The summed E-state index contributed by atoms with van der Waals surface area (Å²) in [7, 11) is 1.70. The van der Waals surface area contributed by atoms with E-state index < -0.39 is 11.8 Å². The van der Waals surface area contributed by atoms with Crippen molar-refractivity contribution in [1.29, 1.82) is 0 Å². The minimum Gasteiger partial charge on any atom is -0.469 e. The second kappa shape index (κ2) is 5.70. The molecule has 0 aliphatic carbocycles. The molecular weight excluding hydrogens is 226 g/mol. The van der Waals surface area contributed by atoms with Crippen LogP contribution in [0.3, 0.4) is 0 Å². The third-order valence-electron chi connectivity index (χ3n) is 2.34. The Hall–Kier alpha value is -1.29. The molecule has 1 rings (SSSR count). The number of hydrogen-bond acceptors (Lipinski definition) is 3. The van der Waals surface area contributed by atoms with E-state index in [-0.39, 0.29) is 5.78 Å². The fourth-order valence-electron chi connectivity index (χ4n) is 1.42. The maximum absolute atomic E-state index is 11.9. The first-order valence-corrected chi connectivity index (χ1v) is 5.35. The van der Waals surface area contributed by atoms with E-state index in [9.17, 15) is 9.59 Å². The lowest BCUT2D eigenvalue weighted by Crippen LogP contribution is -2.23. The second-order valence-electron chi connectivity index (χ2n) is 3.36. The predicted octanol–water partition coefficient (Wildman–Crippen LogP) is 1.97. The van der Waals surface area contributed by atoms with Crippen molar-refractivity contribution < 1.29 is 14.3 Å². The van der Waals surface area contributed by atoms with Crippen molar-refractivity contribution in [2.24, 2.45) is 0 Å². The molecule has 0 saturated carbocycles. The highest BCUT2D eigenvalue weighted by atomic mass is 35.5. The number of halogens is 1. The summed E-state index contributed by atoms with van der Waals surface area (Å²) in [5.41, 5.74) is 0.474. The lowest BCUT2D eigenvalue weighted by atomic mass is 9.64. The van der Waals surface area contributed by atoms with E-state index in [1.165, 1.54) is 7.11 Å². The molecule has 0 spiro atoms. The quantitative estimate of drug-likeness (QED) is 0.349. The van der Waals surface area contributed by atoms with E-state index in [0.717, 1.165) is 0 Å². The topological polar surface area (TPSA) is 43.4 Å². The van der Waals surface area contributed by atoms with Gasteiger partial charge < -0.3 is 4.74 Å². The maximum atomic E-state index is 11.9. The molecule has 0 aliphatic heterocycles. The summed E-state index contributed by atoms with van der Waals surface area (Å²) in [6.45, 7) is 1.77. The first-order valence-electron chi connectivity index (χ1n) is 4.97. The first kappa shape index (κ1) is 12.8. The Kier molecular flexibility index (Phi) is 4.56. The van der Waals surface area contributed by atoms with Gasteiger partial charge in [0.15, 0.2) is 5.78 Å². The molecule has 0 bridgehead atoms. The lowest BCUT2D eigenvalue weighted by molar-refractivity contribution is -0.139. The summed E-state index contributed by atoms with van der Waals surface area (Å²) in [4.78, 5) is 23.3. The number of rotatable bonds is 4. The van der Waals surface area contributed by atoms with Gasteiger partial charge >= 0.3 is 5.97 Å². The molecule has 1 atom stereocenters. The number of methoxy groups -OCH3 is 1. The highest BCUT2D eigenvalue weighted by Crippen LogP contribution is 2.17. The van der Waals surface area contributed by atoms with Crippen LogP contribution in [0.25, 0.3) is 0 Å². The molecule has 0 amide bonds. The summed E-state index contributed by atoms with van der Waals surface area (Å²) < 4.78 is 4.58. The summed E-state index contributed by atoms with van der Waals surface area (Å²) >= 11 is 5.72. The van der Waals surface area contributed by atoms with Crippen LogP contribution in [-0.2, 0) is 9.53 Å². The Morgan fingerprint density at radius 3 is 2.31 bits per heavy atom. The molecule has 0 aromatic heterocycles. The van der Waals surface area contributed by atoms with Gasteiger partial charge in [-0.05, 0) is 24.3 Å². The molecule has 0 saturated heterocycles. The van der Waals surface area contributed by atoms with Crippen LogP contribution >= 0.6 is 11.6 Å². The van der Waals surface area contributed by atoms with Crippen LogP contribution in [0.4, 0.5) is 0 Å². The van der Waals surface area contributed by atoms with Gasteiger partial charge in [-0.2, -0.15) is 0 Å². The van der Waals surface area contributed by atoms with Crippen LogP contribution in [0, 0.1) is 0 Å². The Balaban J connectivity index is 2.91. The van der Waals surface area contributed by atoms with Gasteiger partial charge in [-0.25, -0.2) is 0 Å². The highest BCUT2D eigenvalue weighted by molar-refractivity contribution is 6.51. The van der Waals surface area contributed by atoms with Gasteiger partial charge in [-0.1, -0.05) is 18.4 Å². The van der Waals surface area contributed by atoms with E-state index >= 15 is 0 Å². The van der Waals surface area contributed by atoms with Crippen molar-refractivity contribution in [3.05, 3.63) is 34.9 Å². The fraction of sp³-hybridized carbons (Fsp3) is 0.273. The zero-order chi connectivity index (χ0) is 12.1. The minimum absolute atomic E-state index is 0.231. The largest absolute Gasteiger partial charge is 0.469 e. The second-order valence-corrected chi connectivity index (χ2v) is 3.79. The van der Waals surface area contributed by atoms with E-state index in [0.29, 0.717) is 17.9 Å². The Morgan fingerprint density at radius 2 is 1.88 bits per heavy atom. The average molecular weight is 238 g/mol. The number of ketones is 1. The van der Waals surface area contributed by atoms with Crippen LogP contribution in [0.2, 0.25) is 17.7 Å². The number of benzene rings is 1. The van der Waals surface area contributed by atoms with Gasteiger partial charge in [0.25, 0.3) is 0 Å². The molecule has 1 aromatic rings. The number of carbonyl (C=O) groups excluding carboxylic acids is 2. The van der Waals surface area contributed by atoms with E-state index in [1.54, 1.807) is 31.1 Å². The monoisotopic (exact) mass is 238 g/mol. The van der Waals surface area contributed by atoms with Crippen LogP contribution in [0.15, 0.2) is 24.3 Å². The highest BCUT2D eigenvalue weighted by Gasteiger charge is 2.26. The van der Waals surface area contributed by atoms with Gasteiger partial charge in [0.1, 0.15) is 7.28 Å². The van der Waals surface area contributed by atoms with Crippen LogP contribution in [-0.4, -0.2) is 26.1 Å². The Morgan fingerprint density at radius 1 is 1.31 bits per heavy atom. The first-order chi connectivity index (χ1) is 7.60. The normalized spacial score (nSPS) is 11.7. The summed E-state index contributed by atoms with van der Waals surface area (Å²) in [5.74, 6) is -1.46. The van der Waals surface area contributed by atoms with E-state index in [2.05, 4.69) is 4.74 Å². The van der Waals surface area contributed by atoms with Crippen molar-refractivity contribution in [3.63, 3.8) is 0 Å². The van der Waals surface area contributed by atoms with Crippen molar-refractivity contribution in [2.45, 2.75) is 12.6 Å². The van der Waals surface area contributed by atoms with Crippen molar-refractivity contribution in [3.8, 4) is 0 Å². The van der Waals surface area contributed by atoms with Crippen LogP contribution in [0.1, 0.15) is 10.4 Å². The fourth-order valence-corrected chi connectivity index (χ4v) is 1.54. The number of esters is 1. The van der Waals surface area contributed by atoms with Crippen molar-refractivity contribution in [2.75, 3.05) is 7.11 Å². The molecule has 1 aromatic carbocycles. The smallest absolute Gasteiger partial charge is 0.308 e. The average Bonchev–Trinajstić information content (AvgIpc) is 2.30. The molecule has 0 aliphatic rings. The predicted molar refractivity (Wildman–Crippen MR) is 64.6 cm³/mol. The van der Waals surface area contributed by atoms with Gasteiger partial charge in [0.2, 0.25) is 0 Å². The molecule has 1 unspecified atom stereocenters. The molecule has 3 nitrogen and oxygen atoms in total. The van der Waals surface area contributed by atoms with Gasteiger partial charge in [-0.3, -0.25) is 9.59 Å². The number of hydrogen-bond donors (Lipinski definition) is 0. The van der Waals surface area contributed by atoms with Crippen molar-refractivity contribution >= 4 is 30.6 Å².